The van der Waals surface area contributed by atoms with Gasteiger partial charge in [-0.1, -0.05) is 6.92 Å². The Kier molecular flexibility index (Phi) is 6.29. The second kappa shape index (κ2) is 9.18. The van der Waals surface area contributed by atoms with Crippen LogP contribution in [0.15, 0.2) is 60.0 Å². The SMILES string of the molecule is CC[C@H](NC(=O)c1cncc2c1cnn2-c1ccc(F)cc1)c1cc(OC)nc(S(C)(=O)=O)c1. The Balaban J connectivity index is 1.68. The fourth-order valence-corrected chi connectivity index (χ4v) is 4.17. The monoisotopic (exact) mass is 483 g/mol. The fraction of sp³-hybridized carbons (Fsp3) is 0.217. The summed E-state index contributed by atoms with van der Waals surface area (Å²) in [6.07, 6.45) is 6.11. The minimum Gasteiger partial charge on any atom is -0.481 e. The zero-order valence-corrected chi connectivity index (χ0v) is 19.5. The molecule has 4 rings (SSSR count). The maximum Gasteiger partial charge on any atom is 0.254 e. The zero-order chi connectivity index (χ0) is 24.5. The van der Waals surface area contributed by atoms with Crippen molar-refractivity contribution in [3.63, 3.8) is 0 Å². The Morgan fingerprint density at radius 1 is 1.18 bits per heavy atom. The van der Waals surface area contributed by atoms with Crippen LogP contribution in [0.1, 0.15) is 35.3 Å². The van der Waals surface area contributed by atoms with E-state index in [0.29, 0.717) is 34.1 Å². The molecule has 176 valence electrons. The summed E-state index contributed by atoms with van der Waals surface area (Å²) in [6.45, 7) is 1.86. The normalized spacial score (nSPS) is 12.5. The second-order valence-corrected chi connectivity index (χ2v) is 9.60. The third-order valence-electron chi connectivity index (χ3n) is 5.32. The van der Waals surface area contributed by atoms with Gasteiger partial charge in [-0.2, -0.15) is 5.10 Å². The maximum atomic E-state index is 13.3. The molecule has 1 N–H and O–H groups in total. The van der Waals surface area contributed by atoms with Gasteiger partial charge in [0.05, 0.1) is 42.3 Å². The first-order valence-corrected chi connectivity index (χ1v) is 12.2. The van der Waals surface area contributed by atoms with Crippen LogP contribution in [0.25, 0.3) is 16.6 Å². The summed E-state index contributed by atoms with van der Waals surface area (Å²) in [4.78, 5) is 21.4. The van der Waals surface area contributed by atoms with Crippen LogP contribution in [-0.4, -0.2) is 47.4 Å². The van der Waals surface area contributed by atoms with Crippen molar-refractivity contribution in [3.05, 3.63) is 71.9 Å². The van der Waals surface area contributed by atoms with Gasteiger partial charge in [-0.15, -0.1) is 0 Å². The molecule has 1 amide bonds. The average Bonchev–Trinajstić information content (AvgIpc) is 3.26. The quantitative estimate of drug-likeness (QED) is 0.429. The van der Waals surface area contributed by atoms with E-state index < -0.39 is 21.8 Å². The molecule has 0 bridgehead atoms. The number of pyridine rings is 2. The minimum atomic E-state index is -3.58. The summed E-state index contributed by atoms with van der Waals surface area (Å²) in [7, 11) is -2.19. The molecule has 11 heteroatoms. The van der Waals surface area contributed by atoms with Gasteiger partial charge < -0.3 is 10.1 Å². The Morgan fingerprint density at radius 2 is 1.91 bits per heavy atom. The highest BCUT2D eigenvalue weighted by Gasteiger charge is 2.21. The number of halogens is 1. The molecular formula is C23H22FN5O4S. The molecule has 0 saturated carbocycles. The van der Waals surface area contributed by atoms with Crippen LogP contribution in [0.4, 0.5) is 4.39 Å². The number of rotatable bonds is 7. The molecule has 1 aromatic carbocycles. The van der Waals surface area contributed by atoms with E-state index in [4.69, 9.17) is 4.74 Å². The molecule has 0 unspecified atom stereocenters. The van der Waals surface area contributed by atoms with E-state index in [2.05, 4.69) is 20.4 Å². The summed E-state index contributed by atoms with van der Waals surface area (Å²) >= 11 is 0. The van der Waals surface area contributed by atoms with Crippen molar-refractivity contribution in [2.24, 2.45) is 0 Å². The van der Waals surface area contributed by atoms with Crippen molar-refractivity contribution in [1.82, 2.24) is 25.1 Å². The van der Waals surface area contributed by atoms with Gasteiger partial charge in [-0.3, -0.25) is 9.78 Å². The number of ether oxygens (including phenoxy) is 1. The van der Waals surface area contributed by atoms with Gasteiger partial charge in [0.15, 0.2) is 14.9 Å². The van der Waals surface area contributed by atoms with Crippen LogP contribution in [0, 0.1) is 5.82 Å². The summed E-state index contributed by atoms with van der Waals surface area (Å²) in [5.74, 6) is -0.633. The number of fused-ring (bicyclic) bond motifs is 1. The van der Waals surface area contributed by atoms with Gasteiger partial charge in [-0.05, 0) is 42.3 Å². The zero-order valence-electron chi connectivity index (χ0n) is 18.7. The predicted molar refractivity (Wildman–Crippen MR) is 123 cm³/mol. The Hall–Kier alpha value is -3.86. The molecule has 0 spiro atoms. The highest BCUT2D eigenvalue weighted by molar-refractivity contribution is 7.90. The number of carbonyl (C=O) groups is 1. The predicted octanol–water partition coefficient (Wildman–Crippen LogP) is 3.25. The molecule has 4 aromatic rings. The Morgan fingerprint density at radius 3 is 2.56 bits per heavy atom. The third kappa shape index (κ3) is 4.60. The molecule has 0 fully saturated rings. The molecule has 3 aromatic heterocycles. The summed E-state index contributed by atoms with van der Waals surface area (Å²) in [5.41, 5.74) is 2.05. The number of sulfone groups is 1. The Bertz CT molecular complexity index is 1470. The van der Waals surface area contributed by atoms with Crippen LogP contribution < -0.4 is 10.1 Å². The number of carbonyl (C=O) groups excluding carboxylic acids is 1. The molecule has 0 aliphatic rings. The molecule has 3 heterocycles. The standard InChI is InChI=1S/C23H22FN5O4S/c1-4-19(14-9-21(33-2)28-22(10-14)34(3,31)32)27-23(30)18-11-25-13-20-17(18)12-26-29(20)16-7-5-15(24)6-8-16/h5-13,19H,4H2,1-3H3,(H,27,30)/t19-/m0/s1. The van der Waals surface area contributed by atoms with E-state index in [1.54, 1.807) is 35.3 Å². The minimum absolute atomic E-state index is 0.134. The van der Waals surface area contributed by atoms with Crippen molar-refractivity contribution in [2.75, 3.05) is 13.4 Å². The van der Waals surface area contributed by atoms with E-state index in [1.165, 1.54) is 31.5 Å². The van der Waals surface area contributed by atoms with E-state index in [1.807, 2.05) is 6.92 Å². The van der Waals surface area contributed by atoms with Crippen LogP contribution in [0.5, 0.6) is 5.88 Å². The first-order valence-electron chi connectivity index (χ1n) is 10.4. The summed E-state index contributed by atoms with van der Waals surface area (Å²) in [5, 5.41) is 7.70. The Labute approximate surface area is 195 Å². The molecule has 0 aliphatic heterocycles. The van der Waals surface area contributed by atoms with Gasteiger partial charge in [0.2, 0.25) is 5.88 Å². The lowest BCUT2D eigenvalue weighted by Gasteiger charge is -2.19. The van der Waals surface area contributed by atoms with E-state index in [9.17, 15) is 17.6 Å². The van der Waals surface area contributed by atoms with Crippen LogP contribution in [-0.2, 0) is 9.84 Å². The van der Waals surface area contributed by atoms with Gasteiger partial charge in [0.1, 0.15) is 5.82 Å². The van der Waals surface area contributed by atoms with Crippen molar-refractivity contribution in [1.29, 1.82) is 0 Å². The van der Waals surface area contributed by atoms with Crippen LogP contribution >= 0.6 is 0 Å². The first-order chi connectivity index (χ1) is 16.2. The van der Waals surface area contributed by atoms with Crippen molar-refractivity contribution in [3.8, 4) is 11.6 Å². The second-order valence-electron chi connectivity index (χ2n) is 7.64. The first kappa shape index (κ1) is 23.3. The van der Waals surface area contributed by atoms with E-state index in [0.717, 1.165) is 6.26 Å². The number of aromatic nitrogens is 4. The van der Waals surface area contributed by atoms with Gasteiger partial charge in [0, 0.05) is 23.9 Å². The fourth-order valence-electron chi connectivity index (χ4n) is 3.56. The number of benzene rings is 1. The number of nitrogens with one attached hydrogen (secondary N) is 1. The molecule has 9 nitrogen and oxygen atoms in total. The molecule has 0 saturated heterocycles. The lowest BCUT2D eigenvalue weighted by atomic mass is 10.0. The third-order valence-corrected chi connectivity index (χ3v) is 6.29. The number of nitrogens with zero attached hydrogens (tertiary/aromatic N) is 4. The number of methoxy groups -OCH3 is 1. The van der Waals surface area contributed by atoms with Crippen molar-refractivity contribution >= 4 is 26.6 Å². The van der Waals surface area contributed by atoms with Crippen LogP contribution in [0.2, 0.25) is 0 Å². The maximum absolute atomic E-state index is 13.3. The smallest absolute Gasteiger partial charge is 0.254 e. The molecular weight excluding hydrogens is 461 g/mol. The molecule has 34 heavy (non-hydrogen) atoms. The molecule has 1 atom stereocenters. The largest absolute Gasteiger partial charge is 0.481 e. The topological polar surface area (TPSA) is 116 Å². The van der Waals surface area contributed by atoms with Crippen molar-refractivity contribution in [2.45, 2.75) is 24.4 Å². The van der Waals surface area contributed by atoms with Gasteiger partial charge in [0.25, 0.3) is 5.91 Å². The highest BCUT2D eigenvalue weighted by Crippen LogP contribution is 2.26. The van der Waals surface area contributed by atoms with E-state index in [-0.39, 0.29) is 16.7 Å². The number of hydrogen-bond acceptors (Lipinski definition) is 7. The number of amides is 1. The molecule has 0 aliphatic carbocycles. The lowest BCUT2D eigenvalue weighted by Crippen LogP contribution is -2.28. The summed E-state index contributed by atoms with van der Waals surface area (Å²) < 4.78 is 44.1. The average molecular weight is 484 g/mol. The summed E-state index contributed by atoms with van der Waals surface area (Å²) in [6, 6.07) is 8.33. The van der Waals surface area contributed by atoms with Crippen molar-refractivity contribution < 1.29 is 22.3 Å². The lowest BCUT2D eigenvalue weighted by molar-refractivity contribution is 0.0936. The van der Waals surface area contributed by atoms with E-state index >= 15 is 0 Å². The highest BCUT2D eigenvalue weighted by atomic mass is 32.2. The number of hydrogen-bond donors (Lipinski definition) is 1. The molecule has 0 radical (unpaired) electrons. The van der Waals surface area contributed by atoms with Gasteiger partial charge >= 0.3 is 0 Å². The van der Waals surface area contributed by atoms with Crippen LogP contribution in [0.3, 0.4) is 0 Å². The van der Waals surface area contributed by atoms with Gasteiger partial charge in [-0.25, -0.2) is 22.5 Å².